The van der Waals surface area contributed by atoms with Crippen LogP contribution in [0.4, 0.5) is 0 Å². The minimum absolute atomic E-state index is 0.980. The molecule has 0 heterocycles. The fourth-order valence-corrected chi connectivity index (χ4v) is 1.49. The van der Waals surface area contributed by atoms with E-state index in [1.807, 2.05) is 6.08 Å². The summed E-state index contributed by atoms with van der Waals surface area (Å²) in [6.45, 7) is 12.2. The maximum atomic E-state index is 4.06. The molecule has 0 nitrogen and oxygen atoms in total. The minimum Gasteiger partial charge on any atom is -0.103 e. The average molecular weight is 192 g/mol. The van der Waals surface area contributed by atoms with E-state index in [1.54, 1.807) is 0 Å². The predicted octanol–water partition coefficient (Wildman–Crippen LogP) is 5.04. The van der Waals surface area contributed by atoms with E-state index in [9.17, 15) is 0 Å². The molecule has 0 N–H and O–H groups in total. The van der Waals surface area contributed by atoms with Crippen LogP contribution in [0.3, 0.4) is 0 Å². The lowest BCUT2D eigenvalue weighted by atomic mass is 10.0. The van der Waals surface area contributed by atoms with Gasteiger partial charge in [-0.2, -0.15) is 0 Å². The van der Waals surface area contributed by atoms with Gasteiger partial charge in [0.1, 0.15) is 0 Å². The summed E-state index contributed by atoms with van der Waals surface area (Å²) in [5.74, 6) is 0. The van der Waals surface area contributed by atoms with Crippen molar-refractivity contribution in [3.05, 3.63) is 36.5 Å². The van der Waals surface area contributed by atoms with E-state index in [4.69, 9.17) is 0 Å². The van der Waals surface area contributed by atoms with E-state index in [0.717, 1.165) is 12.8 Å². The Hall–Kier alpha value is -0.780. The van der Waals surface area contributed by atoms with Gasteiger partial charge in [-0.15, -0.1) is 6.58 Å². The van der Waals surface area contributed by atoms with Crippen LogP contribution in [0.2, 0.25) is 0 Å². The largest absolute Gasteiger partial charge is 0.103 e. The second-order valence-corrected chi connectivity index (χ2v) is 3.95. The number of rotatable bonds is 8. The number of hydrogen-bond donors (Lipinski definition) is 0. The molecule has 0 atom stereocenters. The highest BCUT2D eigenvalue weighted by molar-refractivity contribution is 5.20. The maximum Gasteiger partial charge on any atom is -0.0141 e. The van der Waals surface area contributed by atoms with Gasteiger partial charge in [0.25, 0.3) is 0 Å². The van der Waals surface area contributed by atoms with Crippen LogP contribution < -0.4 is 0 Å². The quantitative estimate of drug-likeness (QED) is 0.287. The van der Waals surface area contributed by atoms with E-state index in [1.165, 1.54) is 36.8 Å². The smallest absolute Gasteiger partial charge is 0.0141 e. The van der Waals surface area contributed by atoms with Crippen molar-refractivity contribution in [1.82, 2.24) is 0 Å². The zero-order valence-corrected chi connectivity index (χ0v) is 9.81. The van der Waals surface area contributed by atoms with E-state index < -0.39 is 0 Å². The lowest BCUT2D eigenvalue weighted by Crippen LogP contribution is -1.82. The summed E-state index contributed by atoms with van der Waals surface area (Å²) in [6, 6.07) is 0. The summed E-state index contributed by atoms with van der Waals surface area (Å²) >= 11 is 0. The summed E-state index contributed by atoms with van der Waals surface area (Å²) in [4.78, 5) is 0. The van der Waals surface area contributed by atoms with E-state index in [-0.39, 0.29) is 0 Å². The first kappa shape index (κ1) is 13.2. The molecular weight excluding hydrogens is 168 g/mol. The van der Waals surface area contributed by atoms with Gasteiger partial charge in [0, 0.05) is 0 Å². The van der Waals surface area contributed by atoms with Crippen molar-refractivity contribution in [2.24, 2.45) is 0 Å². The molecule has 0 amide bonds. The summed E-state index contributed by atoms with van der Waals surface area (Å²) in [6.07, 6.45) is 11.5. The molecular formula is C14H24. The zero-order valence-electron chi connectivity index (χ0n) is 9.81. The monoisotopic (exact) mass is 192 g/mol. The van der Waals surface area contributed by atoms with Gasteiger partial charge in [0.2, 0.25) is 0 Å². The SMILES string of the molecule is C=CC/C(C)=C\C(=C)CCCCCC. The molecule has 0 aliphatic rings. The first-order chi connectivity index (χ1) is 6.70. The van der Waals surface area contributed by atoms with Crippen LogP contribution >= 0.6 is 0 Å². The summed E-state index contributed by atoms with van der Waals surface area (Å²) in [7, 11) is 0. The molecule has 0 spiro atoms. The molecule has 0 rings (SSSR count). The van der Waals surface area contributed by atoms with Crippen molar-refractivity contribution in [1.29, 1.82) is 0 Å². The summed E-state index contributed by atoms with van der Waals surface area (Å²) < 4.78 is 0. The molecule has 0 aromatic carbocycles. The highest BCUT2D eigenvalue weighted by atomic mass is 14.0. The third-order valence-corrected chi connectivity index (χ3v) is 2.27. The number of unbranched alkanes of at least 4 members (excludes halogenated alkanes) is 3. The Morgan fingerprint density at radius 1 is 1.21 bits per heavy atom. The lowest BCUT2D eigenvalue weighted by molar-refractivity contribution is 0.668. The van der Waals surface area contributed by atoms with Crippen LogP contribution in [0.1, 0.15) is 52.4 Å². The Labute approximate surface area is 89.4 Å². The van der Waals surface area contributed by atoms with Crippen LogP contribution in [0.5, 0.6) is 0 Å². The summed E-state index contributed by atoms with van der Waals surface area (Å²) in [5.41, 5.74) is 2.63. The van der Waals surface area contributed by atoms with Gasteiger partial charge in [0.15, 0.2) is 0 Å². The maximum absolute atomic E-state index is 4.06. The predicted molar refractivity (Wildman–Crippen MR) is 66.5 cm³/mol. The molecule has 0 aromatic rings. The van der Waals surface area contributed by atoms with Gasteiger partial charge in [-0.3, -0.25) is 0 Å². The van der Waals surface area contributed by atoms with Crippen LogP contribution in [-0.2, 0) is 0 Å². The molecule has 0 fully saturated rings. The van der Waals surface area contributed by atoms with Crippen molar-refractivity contribution in [3.63, 3.8) is 0 Å². The van der Waals surface area contributed by atoms with E-state index in [0.29, 0.717) is 0 Å². The van der Waals surface area contributed by atoms with Crippen LogP contribution in [0.15, 0.2) is 36.5 Å². The van der Waals surface area contributed by atoms with Crippen molar-refractivity contribution in [2.75, 3.05) is 0 Å². The third kappa shape index (κ3) is 7.85. The Kier molecular flexibility index (Phi) is 8.31. The number of allylic oxidation sites excluding steroid dienone is 4. The molecule has 0 bridgehead atoms. The van der Waals surface area contributed by atoms with Gasteiger partial charge in [-0.25, -0.2) is 0 Å². The Morgan fingerprint density at radius 3 is 2.50 bits per heavy atom. The van der Waals surface area contributed by atoms with Crippen LogP contribution in [0.25, 0.3) is 0 Å². The highest BCUT2D eigenvalue weighted by Gasteiger charge is 1.92. The first-order valence-electron chi connectivity index (χ1n) is 5.66. The molecule has 80 valence electrons. The molecule has 14 heavy (non-hydrogen) atoms. The fourth-order valence-electron chi connectivity index (χ4n) is 1.49. The molecule has 0 radical (unpaired) electrons. The molecule has 0 saturated heterocycles. The highest BCUT2D eigenvalue weighted by Crippen LogP contribution is 2.12. The topological polar surface area (TPSA) is 0 Å². The second kappa shape index (κ2) is 8.80. The Balaban J connectivity index is 3.63. The van der Waals surface area contributed by atoms with Crippen LogP contribution in [-0.4, -0.2) is 0 Å². The van der Waals surface area contributed by atoms with E-state index in [2.05, 4.69) is 33.1 Å². The molecule has 0 saturated carbocycles. The normalized spacial score (nSPS) is 11.4. The first-order valence-corrected chi connectivity index (χ1v) is 5.66. The summed E-state index contributed by atoms with van der Waals surface area (Å²) in [5, 5.41) is 0. The van der Waals surface area contributed by atoms with Crippen molar-refractivity contribution >= 4 is 0 Å². The average Bonchev–Trinajstić information content (AvgIpc) is 2.13. The second-order valence-electron chi connectivity index (χ2n) is 3.95. The standard InChI is InChI=1S/C14H24/c1-5-7-8-9-11-14(4)12-13(3)10-6-2/h6,12H,2,4-5,7-11H2,1,3H3/b13-12-. The van der Waals surface area contributed by atoms with Crippen molar-refractivity contribution in [3.8, 4) is 0 Å². The van der Waals surface area contributed by atoms with E-state index >= 15 is 0 Å². The van der Waals surface area contributed by atoms with Gasteiger partial charge in [-0.1, -0.05) is 56.1 Å². The van der Waals surface area contributed by atoms with Crippen molar-refractivity contribution < 1.29 is 0 Å². The molecule has 0 aliphatic heterocycles. The zero-order chi connectivity index (χ0) is 10.8. The molecule has 0 unspecified atom stereocenters. The number of hydrogen-bond acceptors (Lipinski definition) is 0. The lowest BCUT2D eigenvalue weighted by Gasteiger charge is -2.02. The van der Waals surface area contributed by atoms with Gasteiger partial charge >= 0.3 is 0 Å². The Bertz CT molecular complexity index is 196. The van der Waals surface area contributed by atoms with Crippen molar-refractivity contribution in [2.45, 2.75) is 52.4 Å². The van der Waals surface area contributed by atoms with Gasteiger partial charge in [0.05, 0.1) is 0 Å². The minimum atomic E-state index is 0.980. The molecule has 0 heteroatoms. The van der Waals surface area contributed by atoms with Gasteiger partial charge in [-0.05, 0) is 26.2 Å². The molecule has 0 aliphatic carbocycles. The van der Waals surface area contributed by atoms with Gasteiger partial charge < -0.3 is 0 Å². The molecule has 0 aromatic heterocycles. The fraction of sp³-hybridized carbons (Fsp3) is 0.571. The Morgan fingerprint density at radius 2 is 1.93 bits per heavy atom. The van der Waals surface area contributed by atoms with Crippen LogP contribution in [0, 0.1) is 0 Å². The third-order valence-electron chi connectivity index (χ3n) is 2.27.